The molecular weight excluding hydrogens is 502 g/mol. The number of nitrogens with zero attached hydrogens (tertiary/aromatic N) is 6. The Morgan fingerprint density at radius 2 is 2.03 bits per heavy atom. The topological polar surface area (TPSA) is 98.5 Å². The molecule has 0 spiro atoms. The second-order valence-electron chi connectivity index (χ2n) is 7.28. The van der Waals surface area contributed by atoms with Gasteiger partial charge in [-0.15, -0.1) is 21.5 Å². The lowest BCUT2D eigenvalue weighted by Crippen LogP contribution is -2.23. The van der Waals surface area contributed by atoms with Crippen molar-refractivity contribution in [2.24, 2.45) is 0 Å². The smallest absolute Gasteiger partial charge is 0.271 e. The maximum Gasteiger partial charge on any atom is 0.271 e. The average Bonchev–Trinajstić information content (AvgIpc) is 3.55. The fraction of sp³-hybridized carbons (Fsp3) is 0.0833. The second kappa shape index (κ2) is 10.8. The SMILES string of the molecule is O=C(NCc1ccccn1)c1csc(CSc2nnc(-c3cccnc3)n2-c2cccc(Cl)c2)n1. The van der Waals surface area contributed by atoms with Gasteiger partial charge >= 0.3 is 0 Å². The predicted octanol–water partition coefficient (Wildman–Crippen LogP) is 5.06. The molecule has 4 aromatic heterocycles. The number of benzene rings is 1. The number of carbonyl (C=O) groups excluding carboxylic acids is 1. The average molecular weight is 520 g/mol. The second-order valence-corrected chi connectivity index (χ2v) is 9.60. The van der Waals surface area contributed by atoms with Crippen LogP contribution in [0.5, 0.6) is 0 Å². The minimum atomic E-state index is -0.232. The van der Waals surface area contributed by atoms with Crippen molar-refractivity contribution in [3.63, 3.8) is 0 Å². The third-order valence-corrected chi connectivity index (χ3v) is 7.09. The molecule has 1 N–H and O–H groups in total. The van der Waals surface area contributed by atoms with Gasteiger partial charge in [-0.2, -0.15) is 0 Å². The highest BCUT2D eigenvalue weighted by Crippen LogP contribution is 2.31. The molecule has 0 bridgehead atoms. The lowest BCUT2D eigenvalue weighted by molar-refractivity contribution is 0.0946. The first-order chi connectivity index (χ1) is 17.2. The van der Waals surface area contributed by atoms with Crippen LogP contribution in [0.25, 0.3) is 17.1 Å². The number of pyridine rings is 2. The van der Waals surface area contributed by atoms with Crippen LogP contribution in [0.15, 0.2) is 83.7 Å². The quantitative estimate of drug-likeness (QED) is 0.286. The van der Waals surface area contributed by atoms with Crippen LogP contribution in [0.3, 0.4) is 0 Å². The zero-order valence-corrected chi connectivity index (χ0v) is 20.6. The zero-order chi connectivity index (χ0) is 24.0. The third kappa shape index (κ3) is 5.56. The summed E-state index contributed by atoms with van der Waals surface area (Å²) in [6.07, 6.45) is 5.16. The number of rotatable bonds is 8. The lowest BCUT2D eigenvalue weighted by atomic mass is 10.2. The van der Waals surface area contributed by atoms with E-state index in [0.29, 0.717) is 34.0 Å². The molecule has 5 aromatic rings. The molecule has 0 aliphatic heterocycles. The molecule has 0 aliphatic rings. The summed E-state index contributed by atoms with van der Waals surface area (Å²) in [5.41, 5.74) is 2.86. The molecule has 0 saturated carbocycles. The van der Waals surface area contributed by atoms with E-state index in [4.69, 9.17) is 11.6 Å². The fourth-order valence-corrected chi connectivity index (χ4v) is 5.19. The van der Waals surface area contributed by atoms with Crippen molar-refractivity contribution in [3.8, 4) is 17.1 Å². The maximum absolute atomic E-state index is 12.5. The van der Waals surface area contributed by atoms with E-state index in [0.717, 1.165) is 22.0 Å². The summed E-state index contributed by atoms with van der Waals surface area (Å²) in [4.78, 5) is 25.4. The summed E-state index contributed by atoms with van der Waals surface area (Å²) in [5.74, 6) is 0.963. The van der Waals surface area contributed by atoms with E-state index in [1.54, 1.807) is 24.0 Å². The Bertz CT molecular complexity index is 1440. The molecule has 0 unspecified atom stereocenters. The van der Waals surface area contributed by atoms with Crippen LogP contribution in [0.2, 0.25) is 5.02 Å². The van der Waals surface area contributed by atoms with Gasteiger partial charge in [-0.1, -0.05) is 35.5 Å². The van der Waals surface area contributed by atoms with Gasteiger partial charge in [-0.05, 0) is 42.5 Å². The van der Waals surface area contributed by atoms with Gasteiger partial charge < -0.3 is 5.32 Å². The van der Waals surface area contributed by atoms with Gasteiger partial charge in [0.25, 0.3) is 5.91 Å². The van der Waals surface area contributed by atoms with Crippen molar-refractivity contribution in [3.05, 3.63) is 100.0 Å². The molecule has 35 heavy (non-hydrogen) atoms. The summed E-state index contributed by atoms with van der Waals surface area (Å²) in [7, 11) is 0. The molecule has 4 heterocycles. The Balaban J connectivity index is 1.33. The van der Waals surface area contributed by atoms with Crippen molar-refractivity contribution in [1.29, 1.82) is 0 Å². The van der Waals surface area contributed by atoms with E-state index >= 15 is 0 Å². The highest BCUT2D eigenvalue weighted by Gasteiger charge is 2.18. The van der Waals surface area contributed by atoms with Crippen molar-refractivity contribution >= 4 is 40.6 Å². The number of thioether (sulfide) groups is 1. The molecule has 1 amide bonds. The Hall–Kier alpha value is -3.60. The zero-order valence-electron chi connectivity index (χ0n) is 18.2. The van der Waals surface area contributed by atoms with E-state index in [1.807, 2.05) is 59.2 Å². The number of carbonyl (C=O) groups is 1. The minimum absolute atomic E-state index is 0.232. The Kier molecular flexibility index (Phi) is 7.12. The number of nitrogens with one attached hydrogen (secondary N) is 1. The molecule has 0 fully saturated rings. The van der Waals surface area contributed by atoms with Crippen LogP contribution in [0, 0.1) is 0 Å². The molecule has 0 atom stereocenters. The molecule has 11 heteroatoms. The van der Waals surface area contributed by atoms with Crippen LogP contribution >= 0.6 is 34.7 Å². The summed E-state index contributed by atoms with van der Waals surface area (Å²) >= 11 is 9.17. The molecule has 5 rings (SSSR count). The van der Waals surface area contributed by atoms with Gasteiger partial charge in [0.1, 0.15) is 10.7 Å². The van der Waals surface area contributed by atoms with E-state index in [9.17, 15) is 4.79 Å². The normalized spacial score (nSPS) is 10.9. The highest BCUT2D eigenvalue weighted by atomic mass is 35.5. The predicted molar refractivity (Wildman–Crippen MR) is 137 cm³/mol. The molecular formula is C24H18ClN7OS2. The van der Waals surface area contributed by atoms with Crippen molar-refractivity contribution in [1.82, 2.24) is 35.0 Å². The van der Waals surface area contributed by atoms with Gasteiger partial charge in [0.2, 0.25) is 0 Å². The number of amides is 1. The summed E-state index contributed by atoms with van der Waals surface area (Å²) in [6, 6.07) is 16.9. The molecule has 8 nitrogen and oxygen atoms in total. The first kappa shape index (κ1) is 23.2. The maximum atomic E-state index is 12.5. The molecule has 0 aliphatic carbocycles. The van der Waals surface area contributed by atoms with Gasteiger partial charge in [0.05, 0.1) is 23.7 Å². The van der Waals surface area contributed by atoms with Crippen molar-refractivity contribution in [2.45, 2.75) is 17.5 Å². The van der Waals surface area contributed by atoms with E-state index < -0.39 is 0 Å². The van der Waals surface area contributed by atoms with Gasteiger partial charge in [-0.25, -0.2) is 4.98 Å². The fourth-order valence-electron chi connectivity index (χ4n) is 3.27. The lowest BCUT2D eigenvalue weighted by Gasteiger charge is -2.10. The number of aromatic nitrogens is 6. The number of thiazole rings is 1. The summed E-state index contributed by atoms with van der Waals surface area (Å²) in [5, 5.41) is 15.5. The van der Waals surface area contributed by atoms with Crippen LogP contribution < -0.4 is 5.32 Å². The third-order valence-electron chi connectivity index (χ3n) is 4.88. The van der Waals surface area contributed by atoms with E-state index in [-0.39, 0.29) is 5.91 Å². The number of halogens is 1. The minimum Gasteiger partial charge on any atom is -0.345 e. The molecule has 1 aromatic carbocycles. The van der Waals surface area contributed by atoms with Crippen LogP contribution in [0.4, 0.5) is 0 Å². The Morgan fingerprint density at radius 3 is 2.83 bits per heavy atom. The molecule has 0 saturated heterocycles. The summed E-state index contributed by atoms with van der Waals surface area (Å²) < 4.78 is 1.95. The van der Waals surface area contributed by atoms with Gasteiger partial charge in [-0.3, -0.25) is 19.3 Å². The molecule has 0 radical (unpaired) electrons. The number of hydrogen-bond donors (Lipinski definition) is 1. The Labute approximate surface area is 214 Å². The van der Waals surface area contributed by atoms with Gasteiger partial charge in [0, 0.05) is 34.6 Å². The Morgan fingerprint density at radius 1 is 1.09 bits per heavy atom. The van der Waals surface area contributed by atoms with Gasteiger partial charge in [0.15, 0.2) is 11.0 Å². The monoisotopic (exact) mass is 519 g/mol. The van der Waals surface area contributed by atoms with Crippen LogP contribution in [-0.2, 0) is 12.3 Å². The van der Waals surface area contributed by atoms with Crippen LogP contribution in [-0.4, -0.2) is 35.6 Å². The largest absolute Gasteiger partial charge is 0.345 e. The molecule has 174 valence electrons. The highest BCUT2D eigenvalue weighted by molar-refractivity contribution is 7.98. The first-order valence-corrected chi connectivity index (χ1v) is 12.8. The first-order valence-electron chi connectivity index (χ1n) is 10.5. The van der Waals surface area contributed by atoms with Crippen molar-refractivity contribution < 1.29 is 4.79 Å². The van der Waals surface area contributed by atoms with Crippen LogP contribution in [0.1, 0.15) is 21.2 Å². The van der Waals surface area contributed by atoms with E-state index in [2.05, 4.69) is 30.5 Å². The van der Waals surface area contributed by atoms with Crippen molar-refractivity contribution in [2.75, 3.05) is 0 Å². The van der Waals surface area contributed by atoms with E-state index in [1.165, 1.54) is 23.1 Å². The number of hydrogen-bond acceptors (Lipinski definition) is 8. The summed E-state index contributed by atoms with van der Waals surface area (Å²) in [6.45, 7) is 0.348. The standard InChI is InChI=1S/C24H18ClN7OS2/c25-17-6-3-8-19(11-17)32-22(16-5-4-9-26-12-16)30-31-24(32)35-15-21-29-20(14-34-21)23(33)28-13-18-7-1-2-10-27-18/h1-12,14H,13,15H2,(H,28,33).